The Morgan fingerprint density at radius 3 is 2.44 bits per heavy atom. The summed E-state index contributed by atoms with van der Waals surface area (Å²) in [5.41, 5.74) is 4.79. The summed E-state index contributed by atoms with van der Waals surface area (Å²) in [6, 6.07) is 16.6. The molecule has 3 aromatic carbocycles. The highest BCUT2D eigenvalue weighted by atomic mass is 35.5. The highest BCUT2D eigenvalue weighted by Crippen LogP contribution is 2.40. The second kappa shape index (κ2) is 10.2. The topological polar surface area (TPSA) is 60.7 Å². The van der Waals surface area contributed by atoms with Crippen LogP contribution < -0.4 is 14.8 Å². The Morgan fingerprint density at radius 1 is 1.00 bits per heavy atom. The molecule has 4 rings (SSSR count). The molecule has 0 spiro atoms. The van der Waals surface area contributed by atoms with Gasteiger partial charge in [0.25, 0.3) is 0 Å². The third-order valence-electron chi connectivity index (χ3n) is 5.52. The molecule has 0 bridgehead atoms. The van der Waals surface area contributed by atoms with Crippen LogP contribution in [0.2, 0.25) is 10.0 Å². The smallest absolute Gasteiger partial charge is 0.244 e. The molecule has 0 radical (unpaired) electrons. The number of carbonyl (C=O) groups excluding carboxylic acids is 1. The summed E-state index contributed by atoms with van der Waals surface area (Å²) >= 11 is 12.5. The van der Waals surface area contributed by atoms with Gasteiger partial charge >= 0.3 is 0 Å². The van der Waals surface area contributed by atoms with E-state index in [4.69, 9.17) is 37.1 Å². The van der Waals surface area contributed by atoms with Crippen molar-refractivity contribution in [3.8, 4) is 22.6 Å². The number of amides is 1. The Bertz CT molecular complexity index is 1370. The number of benzene rings is 3. The Labute approximate surface area is 207 Å². The molecule has 34 heavy (non-hydrogen) atoms. The fraction of sp³-hybridized carbons (Fsp3) is 0.148. The lowest BCUT2D eigenvalue weighted by atomic mass is 9.99. The quantitative estimate of drug-likeness (QED) is 0.276. The molecular weight excluding hydrogens is 473 g/mol. The third-order valence-corrected chi connectivity index (χ3v) is 6.06. The number of hydrogen-bond acceptors (Lipinski definition) is 4. The van der Waals surface area contributed by atoms with E-state index in [9.17, 15) is 4.79 Å². The van der Waals surface area contributed by atoms with Crippen molar-refractivity contribution in [2.75, 3.05) is 14.2 Å². The fourth-order valence-corrected chi connectivity index (χ4v) is 4.22. The zero-order chi connectivity index (χ0) is 24.2. The molecule has 1 aromatic heterocycles. The Kier molecular flexibility index (Phi) is 7.15. The number of nitrogens with one attached hydrogen (secondary N) is 1. The first-order valence-corrected chi connectivity index (χ1v) is 11.3. The van der Waals surface area contributed by atoms with Crippen LogP contribution in [-0.4, -0.2) is 20.1 Å². The summed E-state index contributed by atoms with van der Waals surface area (Å²) in [5.74, 6) is 1.17. The van der Waals surface area contributed by atoms with E-state index < -0.39 is 0 Å². The molecule has 0 fully saturated rings. The minimum absolute atomic E-state index is 0.205. The average Bonchev–Trinajstić information content (AvgIpc) is 3.24. The third kappa shape index (κ3) is 5.06. The first-order chi connectivity index (χ1) is 16.4. The molecule has 0 aliphatic heterocycles. The summed E-state index contributed by atoms with van der Waals surface area (Å²) in [6.07, 6.45) is 3.21. The van der Waals surface area contributed by atoms with Crippen LogP contribution in [0, 0.1) is 0 Å². The molecule has 0 saturated heterocycles. The van der Waals surface area contributed by atoms with Gasteiger partial charge in [-0.3, -0.25) is 4.79 Å². The van der Waals surface area contributed by atoms with Crippen LogP contribution in [0.5, 0.6) is 11.5 Å². The van der Waals surface area contributed by atoms with Crippen molar-refractivity contribution >= 4 is 45.7 Å². The maximum Gasteiger partial charge on any atom is 0.244 e. The van der Waals surface area contributed by atoms with Gasteiger partial charge in [-0.2, -0.15) is 0 Å². The molecule has 1 N–H and O–H groups in total. The molecule has 174 valence electrons. The van der Waals surface area contributed by atoms with Gasteiger partial charge in [-0.1, -0.05) is 41.4 Å². The molecule has 0 unspecified atom stereocenters. The van der Waals surface area contributed by atoms with Crippen molar-refractivity contribution in [1.29, 1.82) is 0 Å². The molecule has 0 aliphatic carbocycles. The molecule has 1 heterocycles. The summed E-state index contributed by atoms with van der Waals surface area (Å²) in [6.45, 7) is 2.27. The number of allylic oxidation sites excluding steroid dienone is 1. The molecule has 4 aromatic rings. The standard InChI is InChI=1S/C27H23Cl2NO4/c1-16(10-27(31)30-14-17-4-7-19(32-2)8-5-17)21-12-22-23(15-34-26(22)13-25(21)33-3)20-9-6-18(28)11-24(20)29/h4-13,15H,14H2,1-3H3,(H,30,31)/b16-10+. The number of ether oxygens (including phenoxy) is 2. The molecule has 7 heteroatoms. The van der Waals surface area contributed by atoms with E-state index in [1.54, 1.807) is 38.7 Å². The number of rotatable bonds is 7. The minimum Gasteiger partial charge on any atom is -0.497 e. The SMILES string of the molecule is COc1ccc(CNC(=O)/C=C(\C)c2cc3c(-c4ccc(Cl)cc4Cl)coc3cc2OC)cc1. The summed E-state index contributed by atoms with van der Waals surface area (Å²) in [5, 5.41) is 4.85. The normalized spacial score (nSPS) is 11.5. The van der Waals surface area contributed by atoms with Crippen LogP contribution in [0.4, 0.5) is 0 Å². The maximum atomic E-state index is 12.6. The Balaban J connectivity index is 1.62. The maximum absolute atomic E-state index is 12.6. The summed E-state index contributed by atoms with van der Waals surface area (Å²) in [4.78, 5) is 12.6. The first kappa shape index (κ1) is 23.7. The van der Waals surface area contributed by atoms with Gasteiger partial charge < -0.3 is 19.2 Å². The zero-order valence-corrected chi connectivity index (χ0v) is 20.5. The van der Waals surface area contributed by atoms with Gasteiger partial charge in [-0.05, 0) is 48.4 Å². The summed E-state index contributed by atoms with van der Waals surface area (Å²) in [7, 11) is 3.20. The number of furan rings is 1. The van der Waals surface area contributed by atoms with Crippen LogP contribution in [0.15, 0.2) is 71.4 Å². The average molecular weight is 496 g/mol. The number of halogens is 2. The number of hydrogen-bond donors (Lipinski definition) is 1. The van der Waals surface area contributed by atoms with E-state index in [1.165, 1.54) is 0 Å². The molecule has 0 atom stereocenters. The van der Waals surface area contributed by atoms with Crippen molar-refractivity contribution in [3.05, 3.63) is 88.1 Å². The molecular formula is C27H23Cl2NO4. The number of methoxy groups -OCH3 is 2. The van der Waals surface area contributed by atoms with E-state index in [-0.39, 0.29) is 5.91 Å². The zero-order valence-electron chi connectivity index (χ0n) is 18.9. The lowest BCUT2D eigenvalue weighted by molar-refractivity contribution is -0.116. The Hall–Kier alpha value is -3.41. The first-order valence-electron chi connectivity index (χ1n) is 10.5. The number of fused-ring (bicyclic) bond motifs is 1. The van der Waals surface area contributed by atoms with Gasteiger partial charge in [-0.25, -0.2) is 0 Å². The predicted molar refractivity (Wildman–Crippen MR) is 137 cm³/mol. The second-order valence-electron chi connectivity index (χ2n) is 7.72. The predicted octanol–water partition coefficient (Wildman–Crippen LogP) is 7.14. The van der Waals surface area contributed by atoms with E-state index in [0.29, 0.717) is 27.9 Å². The molecule has 0 aliphatic rings. The Morgan fingerprint density at radius 2 is 1.76 bits per heavy atom. The largest absolute Gasteiger partial charge is 0.497 e. The fourth-order valence-electron chi connectivity index (χ4n) is 3.71. The van der Waals surface area contributed by atoms with Crippen molar-refractivity contribution in [2.24, 2.45) is 0 Å². The monoisotopic (exact) mass is 495 g/mol. The minimum atomic E-state index is -0.205. The highest BCUT2D eigenvalue weighted by Gasteiger charge is 2.16. The van der Waals surface area contributed by atoms with Gasteiger partial charge in [0.2, 0.25) is 5.91 Å². The van der Waals surface area contributed by atoms with Crippen LogP contribution in [0.25, 0.3) is 27.7 Å². The van der Waals surface area contributed by atoms with Crippen LogP contribution >= 0.6 is 23.2 Å². The highest BCUT2D eigenvalue weighted by molar-refractivity contribution is 6.36. The van der Waals surface area contributed by atoms with Gasteiger partial charge in [0.1, 0.15) is 17.1 Å². The second-order valence-corrected chi connectivity index (χ2v) is 8.56. The van der Waals surface area contributed by atoms with Crippen molar-refractivity contribution in [1.82, 2.24) is 5.32 Å². The van der Waals surface area contributed by atoms with Crippen LogP contribution in [0.1, 0.15) is 18.1 Å². The van der Waals surface area contributed by atoms with Gasteiger partial charge in [0.15, 0.2) is 0 Å². The van der Waals surface area contributed by atoms with Crippen molar-refractivity contribution in [2.45, 2.75) is 13.5 Å². The molecule has 0 saturated carbocycles. The van der Waals surface area contributed by atoms with Gasteiger partial charge in [0.05, 0.1) is 25.5 Å². The van der Waals surface area contributed by atoms with Gasteiger partial charge in [0, 0.05) is 45.8 Å². The van der Waals surface area contributed by atoms with E-state index in [0.717, 1.165) is 39.0 Å². The summed E-state index contributed by atoms with van der Waals surface area (Å²) < 4.78 is 16.5. The van der Waals surface area contributed by atoms with Crippen LogP contribution in [0.3, 0.4) is 0 Å². The van der Waals surface area contributed by atoms with Crippen molar-refractivity contribution in [3.63, 3.8) is 0 Å². The molecule has 1 amide bonds. The van der Waals surface area contributed by atoms with Crippen LogP contribution in [-0.2, 0) is 11.3 Å². The van der Waals surface area contributed by atoms with Gasteiger partial charge in [-0.15, -0.1) is 0 Å². The number of carbonyl (C=O) groups is 1. The van der Waals surface area contributed by atoms with Crippen molar-refractivity contribution < 1.29 is 18.7 Å². The lowest BCUT2D eigenvalue weighted by Gasteiger charge is -2.11. The van der Waals surface area contributed by atoms with E-state index in [2.05, 4.69) is 5.32 Å². The van der Waals surface area contributed by atoms with E-state index >= 15 is 0 Å². The molecule has 5 nitrogen and oxygen atoms in total. The van der Waals surface area contributed by atoms with E-state index in [1.807, 2.05) is 49.4 Å². The lowest BCUT2D eigenvalue weighted by Crippen LogP contribution is -2.20.